The minimum atomic E-state index is -0.427. The number of nitrogens with zero attached hydrogens (tertiary/aromatic N) is 2. The molecule has 33 heavy (non-hydrogen) atoms. The van der Waals surface area contributed by atoms with Gasteiger partial charge in [-0.15, -0.1) is 0 Å². The molecular formula is C24H19FN6OS. The molecule has 0 atom stereocenters. The van der Waals surface area contributed by atoms with Gasteiger partial charge in [0.1, 0.15) is 17.5 Å². The molecule has 0 spiro atoms. The Labute approximate surface area is 194 Å². The SMILES string of the molecule is Cc1cnc(-c2ccc(-c3ccc(NC(=S)Nc4ccccn4)cc3F)c3c2C(=O)NC3)[nH]1. The molecule has 0 saturated heterocycles. The lowest BCUT2D eigenvalue weighted by Gasteiger charge is -2.14. The highest BCUT2D eigenvalue weighted by atomic mass is 32.1. The summed E-state index contributed by atoms with van der Waals surface area (Å²) in [4.78, 5) is 24.2. The largest absolute Gasteiger partial charge is 0.348 e. The number of hydrogen-bond donors (Lipinski definition) is 4. The monoisotopic (exact) mass is 458 g/mol. The van der Waals surface area contributed by atoms with E-state index in [-0.39, 0.29) is 5.91 Å². The fourth-order valence-electron chi connectivity index (χ4n) is 3.87. The molecule has 1 amide bonds. The molecule has 4 aromatic rings. The lowest BCUT2D eigenvalue weighted by Crippen LogP contribution is -2.19. The Hall–Kier alpha value is -4.11. The maximum Gasteiger partial charge on any atom is 0.252 e. The molecule has 164 valence electrons. The van der Waals surface area contributed by atoms with Crippen LogP contribution in [-0.4, -0.2) is 26.0 Å². The Balaban J connectivity index is 1.44. The van der Waals surface area contributed by atoms with Crippen molar-refractivity contribution in [2.75, 3.05) is 10.6 Å². The highest BCUT2D eigenvalue weighted by Gasteiger charge is 2.28. The van der Waals surface area contributed by atoms with E-state index >= 15 is 4.39 Å². The molecule has 0 saturated carbocycles. The summed E-state index contributed by atoms with van der Waals surface area (Å²) in [5, 5.41) is 9.06. The van der Waals surface area contributed by atoms with Gasteiger partial charge in [-0.1, -0.05) is 12.1 Å². The van der Waals surface area contributed by atoms with Gasteiger partial charge < -0.3 is 20.9 Å². The molecule has 0 fully saturated rings. The normalized spacial score (nSPS) is 12.2. The van der Waals surface area contributed by atoms with E-state index in [9.17, 15) is 4.79 Å². The molecule has 4 N–H and O–H groups in total. The Morgan fingerprint density at radius 3 is 2.61 bits per heavy atom. The van der Waals surface area contributed by atoms with Gasteiger partial charge in [-0.05, 0) is 66.7 Å². The third kappa shape index (κ3) is 4.06. The van der Waals surface area contributed by atoms with E-state index in [0.717, 1.165) is 11.3 Å². The highest BCUT2D eigenvalue weighted by molar-refractivity contribution is 7.80. The van der Waals surface area contributed by atoms with E-state index in [0.29, 0.717) is 51.2 Å². The molecule has 1 aliphatic rings. The first kappa shape index (κ1) is 20.8. The number of rotatable bonds is 4. The summed E-state index contributed by atoms with van der Waals surface area (Å²) in [6.45, 7) is 2.22. The second-order valence-corrected chi connectivity index (χ2v) is 8.01. The lowest BCUT2D eigenvalue weighted by atomic mass is 9.92. The summed E-state index contributed by atoms with van der Waals surface area (Å²) < 4.78 is 15.2. The van der Waals surface area contributed by atoms with Gasteiger partial charge in [0, 0.05) is 41.4 Å². The van der Waals surface area contributed by atoms with Gasteiger partial charge >= 0.3 is 0 Å². The van der Waals surface area contributed by atoms with Crippen LogP contribution in [0, 0.1) is 12.7 Å². The number of thiocarbonyl (C=S) groups is 1. The van der Waals surface area contributed by atoms with E-state index in [2.05, 4.69) is 30.9 Å². The number of anilines is 2. The number of hydrogen-bond acceptors (Lipinski definition) is 4. The number of H-pyrrole nitrogens is 1. The van der Waals surface area contributed by atoms with Gasteiger partial charge in [-0.2, -0.15) is 0 Å². The molecule has 0 radical (unpaired) electrons. The van der Waals surface area contributed by atoms with E-state index in [4.69, 9.17) is 12.2 Å². The van der Waals surface area contributed by atoms with Gasteiger partial charge in [0.25, 0.3) is 5.91 Å². The summed E-state index contributed by atoms with van der Waals surface area (Å²) in [7, 11) is 0. The molecule has 0 aliphatic carbocycles. The van der Waals surface area contributed by atoms with Crippen LogP contribution in [0.15, 0.2) is 60.9 Å². The van der Waals surface area contributed by atoms with Gasteiger partial charge in [0.05, 0.1) is 5.56 Å². The minimum absolute atomic E-state index is 0.194. The molecule has 0 bridgehead atoms. The average Bonchev–Trinajstić information content (AvgIpc) is 3.40. The van der Waals surface area contributed by atoms with Gasteiger partial charge in [-0.3, -0.25) is 4.79 Å². The predicted octanol–water partition coefficient (Wildman–Crippen LogP) is 4.64. The highest BCUT2D eigenvalue weighted by Crippen LogP contribution is 2.36. The van der Waals surface area contributed by atoms with E-state index in [1.54, 1.807) is 42.7 Å². The molecule has 9 heteroatoms. The van der Waals surface area contributed by atoms with Gasteiger partial charge in [-0.25, -0.2) is 14.4 Å². The Kier molecular flexibility index (Phi) is 5.31. The van der Waals surface area contributed by atoms with Crippen LogP contribution in [0.4, 0.5) is 15.9 Å². The van der Waals surface area contributed by atoms with Crippen LogP contribution in [0.25, 0.3) is 22.5 Å². The quantitative estimate of drug-likeness (QED) is 0.333. The predicted molar refractivity (Wildman–Crippen MR) is 129 cm³/mol. The van der Waals surface area contributed by atoms with Crippen LogP contribution < -0.4 is 16.0 Å². The molecular weight excluding hydrogens is 439 g/mol. The number of aromatic nitrogens is 3. The third-order valence-corrected chi connectivity index (χ3v) is 5.55. The van der Waals surface area contributed by atoms with E-state index in [1.807, 2.05) is 19.1 Å². The van der Waals surface area contributed by atoms with Crippen molar-refractivity contribution in [2.24, 2.45) is 0 Å². The second kappa shape index (κ2) is 8.44. The summed E-state index contributed by atoms with van der Waals surface area (Å²) in [6.07, 6.45) is 3.36. The number of carbonyl (C=O) groups is 1. The fourth-order valence-corrected chi connectivity index (χ4v) is 4.10. The summed E-state index contributed by atoms with van der Waals surface area (Å²) in [5.41, 5.74) is 4.42. The van der Waals surface area contributed by atoms with Crippen molar-refractivity contribution in [3.63, 3.8) is 0 Å². The zero-order valence-electron chi connectivity index (χ0n) is 17.6. The number of halogens is 1. The van der Waals surface area contributed by atoms with Gasteiger partial charge in [0.2, 0.25) is 0 Å². The Morgan fingerprint density at radius 2 is 1.88 bits per heavy atom. The summed E-state index contributed by atoms with van der Waals surface area (Å²) >= 11 is 5.29. The molecule has 3 heterocycles. The number of aromatic amines is 1. The summed E-state index contributed by atoms with van der Waals surface area (Å²) in [5.74, 6) is 0.581. The maximum absolute atomic E-state index is 15.2. The molecule has 2 aromatic heterocycles. The van der Waals surface area contributed by atoms with Crippen molar-refractivity contribution < 1.29 is 9.18 Å². The number of benzene rings is 2. The number of fused-ring (bicyclic) bond motifs is 1. The zero-order valence-corrected chi connectivity index (χ0v) is 18.4. The molecule has 1 aliphatic heterocycles. The number of imidazole rings is 1. The number of nitrogens with one attached hydrogen (secondary N) is 4. The van der Waals surface area contributed by atoms with E-state index in [1.165, 1.54) is 6.07 Å². The van der Waals surface area contributed by atoms with Crippen LogP contribution in [0.5, 0.6) is 0 Å². The molecule has 0 unspecified atom stereocenters. The topological polar surface area (TPSA) is 94.7 Å². The van der Waals surface area contributed by atoms with Gasteiger partial charge in [0.15, 0.2) is 5.11 Å². The van der Waals surface area contributed by atoms with Crippen molar-refractivity contribution in [2.45, 2.75) is 13.5 Å². The second-order valence-electron chi connectivity index (χ2n) is 7.60. The lowest BCUT2D eigenvalue weighted by molar-refractivity contribution is 0.0966. The Bertz CT molecular complexity index is 1390. The van der Waals surface area contributed by atoms with E-state index < -0.39 is 5.82 Å². The number of amides is 1. The number of aryl methyl sites for hydroxylation is 1. The first-order chi connectivity index (χ1) is 16.0. The smallest absolute Gasteiger partial charge is 0.252 e. The minimum Gasteiger partial charge on any atom is -0.348 e. The average molecular weight is 459 g/mol. The molecule has 2 aromatic carbocycles. The number of pyridine rings is 1. The van der Waals surface area contributed by atoms with Crippen molar-refractivity contribution in [3.8, 4) is 22.5 Å². The van der Waals surface area contributed by atoms with Crippen molar-refractivity contribution in [1.29, 1.82) is 0 Å². The van der Waals surface area contributed by atoms with Crippen LogP contribution in [0.3, 0.4) is 0 Å². The Morgan fingerprint density at radius 1 is 1.06 bits per heavy atom. The molecule has 5 rings (SSSR count). The first-order valence-electron chi connectivity index (χ1n) is 10.2. The maximum atomic E-state index is 15.2. The van der Waals surface area contributed by atoms with Crippen LogP contribution in [-0.2, 0) is 6.54 Å². The molecule has 7 nitrogen and oxygen atoms in total. The number of carbonyl (C=O) groups excluding carboxylic acids is 1. The first-order valence-corrected chi connectivity index (χ1v) is 10.7. The van der Waals surface area contributed by atoms with Crippen molar-refractivity contribution >= 4 is 34.7 Å². The summed E-state index contributed by atoms with van der Waals surface area (Å²) in [6, 6.07) is 13.8. The van der Waals surface area contributed by atoms with Crippen LogP contribution >= 0.6 is 12.2 Å². The van der Waals surface area contributed by atoms with Crippen LogP contribution in [0.2, 0.25) is 0 Å². The fraction of sp³-hybridized carbons (Fsp3) is 0.0833. The van der Waals surface area contributed by atoms with Crippen molar-refractivity contribution in [3.05, 3.63) is 83.6 Å². The standard InChI is InChI=1S/C24H19FN6OS/c1-13-11-27-22(29-13)17-8-7-15(18-12-28-23(32)21(17)18)16-6-5-14(10-19(16)25)30-24(33)31-20-4-2-3-9-26-20/h2-11H,12H2,1H3,(H,27,29)(H,28,32)(H2,26,30,31,33). The van der Waals surface area contributed by atoms with Crippen molar-refractivity contribution in [1.82, 2.24) is 20.3 Å². The van der Waals surface area contributed by atoms with Crippen LogP contribution in [0.1, 0.15) is 21.6 Å². The third-order valence-electron chi connectivity index (χ3n) is 5.35. The zero-order chi connectivity index (χ0) is 22.9.